The molecule has 3 rings (SSSR count). The van der Waals surface area contributed by atoms with Crippen LogP contribution in [0.15, 0.2) is 4.99 Å². The van der Waals surface area contributed by atoms with Crippen molar-refractivity contribution in [2.24, 2.45) is 16.8 Å². The molecule has 1 saturated carbocycles. The van der Waals surface area contributed by atoms with Gasteiger partial charge in [0.05, 0.1) is 0 Å². The minimum absolute atomic E-state index is 0.139. The van der Waals surface area contributed by atoms with Crippen molar-refractivity contribution in [1.29, 1.82) is 0 Å². The van der Waals surface area contributed by atoms with Gasteiger partial charge in [-0.3, -0.25) is 4.99 Å². The van der Waals surface area contributed by atoms with Crippen molar-refractivity contribution in [2.75, 3.05) is 52.4 Å². The number of likely N-dealkylation sites (tertiary alicyclic amines) is 2. The van der Waals surface area contributed by atoms with E-state index in [-0.39, 0.29) is 12.1 Å². The fraction of sp³-hybridized carbons (Fsp3) is 0.917. The van der Waals surface area contributed by atoms with Gasteiger partial charge in [0.1, 0.15) is 5.60 Å². The van der Waals surface area contributed by atoms with E-state index < -0.39 is 5.60 Å². The molecule has 1 atom stereocenters. The molecule has 31 heavy (non-hydrogen) atoms. The normalized spacial score (nSPS) is 23.8. The topological polar surface area (TPSA) is 60.4 Å². The van der Waals surface area contributed by atoms with E-state index in [9.17, 15) is 4.79 Å². The summed E-state index contributed by atoms with van der Waals surface area (Å²) in [5.74, 6) is 2.38. The number of piperidine rings is 1. The third-order valence-corrected chi connectivity index (χ3v) is 6.64. The molecule has 7 heteroatoms. The van der Waals surface area contributed by atoms with Crippen LogP contribution in [0, 0.1) is 11.8 Å². The molecule has 1 aliphatic carbocycles. The van der Waals surface area contributed by atoms with Gasteiger partial charge < -0.3 is 24.8 Å². The lowest BCUT2D eigenvalue weighted by molar-refractivity contribution is 0.00928. The number of amides is 1. The number of aliphatic imine (C=N–C) groups is 1. The zero-order valence-electron chi connectivity index (χ0n) is 20.5. The van der Waals surface area contributed by atoms with Crippen LogP contribution in [-0.4, -0.2) is 90.8 Å². The van der Waals surface area contributed by atoms with Gasteiger partial charge in [-0.2, -0.15) is 0 Å². The first-order valence-electron chi connectivity index (χ1n) is 12.5. The maximum Gasteiger partial charge on any atom is 0.410 e. The van der Waals surface area contributed by atoms with Gasteiger partial charge in [-0.05, 0) is 84.7 Å². The van der Waals surface area contributed by atoms with Crippen LogP contribution in [0.25, 0.3) is 0 Å². The molecular weight excluding hydrogens is 390 g/mol. The van der Waals surface area contributed by atoms with Crippen molar-refractivity contribution in [3.63, 3.8) is 0 Å². The maximum atomic E-state index is 12.9. The average molecular weight is 436 g/mol. The number of nitrogens with one attached hydrogen (secondary N) is 1. The van der Waals surface area contributed by atoms with E-state index >= 15 is 0 Å². The Labute approximate surface area is 189 Å². The molecule has 2 saturated heterocycles. The number of ether oxygens (including phenoxy) is 1. The number of carbonyl (C=O) groups excluding carboxylic acids is 1. The average Bonchev–Trinajstić information content (AvgIpc) is 3.43. The molecule has 178 valence electrons. The first-order chi connectivity index (χ1) is 14.8. The Morgan fingerprint density at radius 2 is 1.77 bits per heavy atom. The molecule has 0 spiro atoms. The van der Waals surface area contributed by atoms with E-state index in [1.54, 1.807) is 0 Å². The SMILES string of the molecule is CCNC(=NCC1CCN(CC)C1)N1CCC(N(CC2CC2)C(=O)OC(C)(C)C)CC1. The summed E-state index contributed by atoms with van der Waals surface area (Å²) >= 11 is 0. The van der Waals surface area contributed by atoms with E-state index in [4.69, 9.17) is 9.73 Å². The summed E-state index contributed by atoms with van der Waals surface area (Å²) < 4.78 is 5.74. The minimum atomic E-state index is -0.446. The lowest BCUT2D eigenvalue weighted by Crippen LogP contribution is -2.52. The zero-order chi connectivity index (χ0) is 22.4. The second-order valence-corrected chi connectivity index (χ2v) is 10.5. The van der Waals surface area contributed by atoms with E-state index in [1.807, 2.05) is 25.7 Å². The van der Waals surface area contributed by atoms with Crippen LogP contribution in [0.3, 0.4) is 0 Å². The standard InChI is InChI=1S/C24H45N5O2/c1-6-25-22(26-16-20-10-13-27(7-2)17-20)28-14-11-21(12-15-28)29(18-19-8-9-19)23(30)31-24(3,4)5/h19-21H,6-18H2,1-5H3,(H,25,26). The van der Waals surface area contributed by atoms with Gasteiger partial charge in [-0.15, -0.1) is 0 Å². The second kappa shape index (κ2) is 10.9. The first kappa shape index (κ1) is 24.1. The number of guanidine groups is 1. The molecule has 1 unspecified atom stereocenters. The highest BCUT2D eigenvalue weighted by Gasteiger charge is 2.35. The molecule has 0 aromatic carbocycles. The molecule has 1 N–H and O–H groups in total. The molecule has 0 aromatic heterocycles. The van der Waals surface area contributed by atoms with Gasteiger partial charge in [0.25, 0.3) is 0 Å². The number of carbonyl (C=O) groups is 1. The van der Waals surface area contributed by atoms with Crippen molar-refractivity contribution >= 4 is 12.1 Å². The molecule has 2 heterocycles. The fourth-order valence-corrected chi connectivity index (χ4v) is 4.65. The Hall–Kier alpha value is -1.50. The van der Waals surface area contributed by atoms with E-state index in [0.717, 1.165) is 58.1 Å². The quantitative estimate of drug-likeness (QED) is 0.491. The van der Waals surface area contributed by atoms with Gasteiger partial charge in [-0.1, -0.05) is 6.92 Å². The molecule has 7 nitrogen and oxygen atoms in total. The van der Waals surface area contributed by atoms with Gasteiger partial charge >= 0.3 is 6.09 Å². The minimum Gasteiger partial charge on any atom is -0.444 e. The van der Waals surface area contributed by atoms with Crippen LogP contribution in [0.1, 0.15) is 66.7 Å². The Morgan fingerprint density at radius 1 is 1.06 bits per heavy atom. The highest BCUT2D eigenvalue weighted by atomic mass is 16.6. The van der Waals surface area contributed by atoms with Gasteiger partial charge in [0.15, 0.2) is 5.96 Å². The van der Waals surface area contributed by atoms with Crippen LogP contribution in [0.2, 0.25) is 0 Å². The summed E-state index contributed by atoms with van der Waals surface area (Å²) in [4.78, 5) is 24.8. The van der Waals surface area contributed by atoms with Crippen molar-refractivity contribution in [2.45, 2.75) is 78.4 Å². The molecule has 0 aromatic rings. The third kappa shape index (κ3) is 7.55. The molecular formula is C24H45N5O2. The van der Waals surface area contributed by atoms with Crippen LogP contribution >= 0.6 is 0 Å². The first-order valence-corrected chi connectivity index (χ1v) is 12.5. The Morgan fingerprint density at radius 3 is 2.32 bits per heavy atom. The molecule has 0 bridgehead atoms. The van der Waals surface area contributed by atoms with E-state index in [1.165, 1.54) is 32.4 Å². The summed E-state index contributed by atoms with van der Waals surface area (Å²) in [7, 11) is 0. The maximum absolute atomic E-state index is 12.9. The summed E-state index contributed by atoms with van der Waals surface area (Å²) in [6.45, 7) is 18.3. The Balaban J connectivity index is 1.55. The largest absolute Gasteiger partial charge is 0.444 e. The van der Waals surface area contributed by atoms with Gasteiger partial charge in [0, 0.05) is 45.3 Å². The monoisotopic (exact) mass is 435 g/mol. The predicted molar refractivity (Wildman–Crippen MR) is 126 cm³/mol. The van der Waals surface area contributed by atoms with Crippen molar-refractivity contribution in [3.05, 3.63) is 0 Å². The fourth-order valence-electron chi connectivity index (χ4n) is 4.65. The molecule has 3 aliphatic rings. The van der Waals surface area contributed by atoms with E-state index in [0.29, 0.717) is 11.8 Å². The summed E-state index contributed by atoms with van der Waals surface area (Å²) in [5.41, 5.74) is -0.446. The summed E-state index contributed by atoms with van der Waals surface area (Å²) in [5, 5.41) is 3.50. The van der Waals surface area contributed by atoms with Crippen molar-refractivity contribution < 1.29 is 9.53 Å². The van der Waals surface area contributed by atoms with Crippen molar-refractivity contribution in [3.8, 4) is 0 Å². The van der Waals surface area contributed by atoms with Gasteiger partial charge in [-0.25, -0.2) is 4.79 Å². The second-order valence-electron chi connectivity index (χ2n) is 10.5. The molecule has 0 radical (unpaired) electrons. The van der Waals surface area contributed by atoms with Gasteiger partial charge in [0.2, 0.25) is 0 Å². The lowest BCUT2D eigenvalue weighted by Gasteiger charge is -2.40. The van der Waals surface area contributed by atoms with E-state index in [2.05, 4.69) is 29.0 Å². The predicted octanol–water partition coefficient (Wildman–Crippen LogP) is 3.41. The van der Waals surface area contributed by atoms with Crippen LogP contribution < -0.4 is 5.32 Å². The highest BCUT2D eigenvalue weighted by molar-refractivity contribution is 5.80. The third-order valence-electron chi connectivity index (χ3n) is 6.64. The number of hydrogen-bond acceptors (Lipinski definition) is 4. The lowest BCUT2D eigenvalue weighted by atomic mass is 10.0. The van der Waals surface area contributed by atoms with Crippen LogP contribution in [0.4, 0.5) is 4.79 Å². The smallest absolute Gasteiger partial charge is 0.410 e. The Kier molecular flexibility index (Phi) is 8.48. The van der Waals surface area contributed by atoms with Crippen molar-refractivity contribution in [1.82, 2.24) is 20.0 Å². The Bertz CT molecular complexity index is 606. The van der Waals surface area contributed by atoms with Crippen LogP contribution in [-0.2, 0) is 4.74 Å². The number of hydrogen-bond donors (Lipinski definition) is 1. The number of nitrogens with zero attached hydrogens (tertiary/aromatic N) is 4. The summed E-state index contributed by atoms with van der Waals surface area (Å²) in [6.07, 6.45) is 5.55. The molecule has 3 fully saturated rings. The zero-order valence-corrected chi connectivity index (χ0v) is 20.5. The highest BCUT2D eigenvalue weighted by Crippen LogP contribution is 2.32. The molecule has 2 aliphatic heterocycles. The molecule has 1 amide bonds. The summed E-state index contributed by atoms with van der Waals surface area (Å²) in [6, 6.07) is 0.266. The number of rotatable bonds is 7. The van der Waals surface area contributed by atoms with Crippen LogP contribution in [0.5, 0.6) is 0 Å².